The summed E-state index contributed by atoms with van der Waals surface area (Å²) in [6, 6.07) is 12.2. The van der Waals surface area contributed by atoms with Crippen LogP contribution in [0.25, 0.3) is 0 Å². The Morgan fingerprint density at radius 2 is 1.70 bits per heavy atom. The van der Waals surface area contributed by atoms with Crippen molar-refractivity contribution in [3.8, 4) is 0 Å². The molecule has 5 heteroatoms. The Kier molecular flexibility index (Phi) is 4.62. The Morgan fingerprint density at radius 3 is 2.30 bits per heavy atom. The first-order valence-electron chi connectivity index (χ1n) is 6.09. The number of hydrogen-bond acceptors (Lipinski definition) is 3. The average Bonchev–Trinajstić information content (AvgIpc) is 2.41. The Balaban J connectivity index is 2.13. The molecule has 0 saturated carbocycles. The zero-order chi connectivity index (χ0) is 14.8. The molecular formula is C15H15BrO3S. The number of rotatable bonds is 4. The normalized spacial score (nSPS) is 11.6. The second-order valence-corrected chi connectivity index (χ2v) is 7.08. The summed E-state index contributed by atoms with van der Waals surface area (Å²) in [4.78, 5) is 0.175. The molecule has 0 aromatic heterocycles. The molecule has 106 valence electrons. The van der Waals surface area contributed by atoms with Crippen LogP contribution < -0.4 is 0 Å². The van der Waals surface area contributed by atoms with Crippen LogP contribution in [0, 0.1) is 13.8 Å². The van der Waals surface area contributed by atoms with Gasteiger partial charge < -0.3 is 0 Å². The first-order chi connectivity index (χ1) is 9.38. The molecule has 20 heavy (non-hydrogen) atoms. The van der Waals surface area contributed by atoms with Crippen molar-refractivity contribution in [2.45, 2.75) is 25.3 Å². The van der Waals surface area contributed by atoms with Crippen LogP contribution in [-0.4, -0.2) is 8.42 Å². The fraction of sp³-hybridized carbons (Fsp3) is 0.200. The third kappa shape index (κ3) is 3.69. The Hall–Kier alpha value is -1.17. The van der Waals surface area contributed by atoms with E-state index >= 15 is 0 Å². The molecule has 2 rings (SSSR count). The maximum Gasteiger partial charge on any atom is 0.297 e. The number of aryl methyl sites for hydroxylation is 2. The highest BCUT2D eigenvalue weighted by Crippen LogP contribution is 2.20. The van der Waals surface area contributed by atoms with E-state index in [2.05, 4.69) is 15.9 Å². The fourth-order valence-electron chi connectivity index (χ4n) is 1.64. The monoisotopic (exact) mass is 354 g/mol. The molecule has 0 fully saturated rings. The first-order valence-corrected chi connectivity index (χ1v) is 8.30. The van der Waals surface area contributed by atoms with Crippen LogP contribution in [-0.2, 0) is 20.9 Å². The minimum absolute atomic E-state index is 0.0229. The Labute approximate surface area is 127 Å². The quantitative estimate of drug-likeness (QED) is 0.780. The molecule has 0 atom stereocenters. The predicted octanol–water partition coefficient (Wildman–Crippen LogP) is 3.97. The number of benzene rings is 2. The molecule has 0 N–H and O–H groups in total. The maximum atomic E-state index is 12.0. The zero-order valence-corrected chi connectivity index (χ0v) is 13.7. The third-order valence-electron chi connectivity index (χ3n) is 2.93. The van der Waals surface area contributed by atoms with Gasteiger partial charge in [0.25, 0.3) is 10.1 Å². The van der Waals surface area contributed by atoms with Crippen molar-refractivity contribution < 1.29 is 12.6 Å². The van der Waals surface area contributed by atoms with Crippen LogP contribution in [0.1, 0.15) is 16.7 Å². The predicted molar refractivity (Wildman–Crippen MR) is 82.0 cm³/mol. The summed E-state index contributed by atoms with van der Waals surface area (Å²) in [5, 5.41) is 0. The van der Waals surface area contributed by atoms with Gasteiger partial charge in [-0.2, -0.15) is 8.42 Å². The third-order valence-corrected chi connectivity index (χ3v) is 5.06. The van der Waals surface area contributed by atoms with Crippen LogP contribution >= 0.6 is 15.9 Å². The molecule has 2 aromatic rings. The molecule has 0 unspecified atom stereocenters. The van der Waals surface area contributed by atoms with E-state index in [4.69, 9.17) is 4.18 Å². The topological polar surface area (TPSA) is 43.4 Å². The van der Waals surface area contributed by atoms with Crippen LogP contribution in [0.3, 0.4) is 0 Å². The molecule has 0 bridgehead atoms. The second-order valence-electron chi connectivity index (χ2n) is 4.61. The average molecular weight is 355 g/mol. The van der Waals surface area contributed by atoms with E-state index in [-0.39, 0.29) is 11.5 Å². The minimum Gasteiger partial charge on any atom is -0.262 e. The van der Waals surface area contributed by atoms with Crippen molar-refractivity contribution in [2.75, 3.05) is 0 Å². The fourth-order valence-corrected chi connectivity index (χ4v) is 2.97. The van der Waals surface area contributed by atoms with Gasteiger partial charge in [0.1, 0.15) is 0 Å². The van der Waals surface area contributed by atoms with E-state index in [1.807, 2.05) is 32.0 Å². The van der Waals surface area contributed by atoms with Crippen LogP contribution in [0.5, 0.6) is 0 Å². The van der Waals surface area contributed by atoms with Gasteiger partial charge in [0.05, 0.1) is 11.5 Å². The summed E-state index contributed by atoms with van der Waals surface area (Å²) in [5.41, 5.74) is 2.90. The molecular weight excluding hydrogens is 340 g/mol. The van der Waals surface area contributed by atoms with Crippen LogP contribution in [0.4, 0.5) is 0 Å². The second kappa shape index (κ2) is 6.08. The van der Waals surface area contributed by atoms with Crippen molar-refractivity contribution in [1.29, 1.82) is 0 Å². The summed E-state index contributed by atoms with van der Waals surface area (Å²) in [7, 11) is -3.71. The smallest absolute Gasteiger partial charge is 0.262 e. The molecule has 0 amide bonds. The molecule has 0 radical (unpaired) electrons. The summed E-state index contributed by atoms with van der Waals surface area (Å²) in [5.74, 6) is 0. The van der Waals surface area contributed by atoms with E-state index in [1.54, 1.807) is 24.3 Å². The highest BCUT2D eigenvalue weighted by atomic mass is 79.9. The lowest BCUT2D eigenvalue weighted by atomic mass is 10.2. The van der Waals surface area contributed by atoms with Crippen LogP contribution in [0.2, 0.25) is 0 Å². The number of halogens is 1. The van der Waals surface area contributed by atoms with Gasteiger partial charge in [-0.05, 0) is 43.2 Å². The lowest BCUT2D eigenvalue weighted by Crippen LogP contribution is -2.06. The highest BCUT2D eigenvalue weighted by molar-refractivity contribution is 9.10. The van der Waals surface area contributed by atoms with Gasteiger partial charge in [0.2, 0.25) is 0 Å². The van der Waals surface area contributed by atoms with E-state index in [0.717, 1.165) is 21.2 Å². The van der Waals surface area contributed by atoms with Crippen molar-refractivity contribution >= 4 is 26.0 Å². The van der Waals surface area contributed by atoms with E-state index < -0.39 is 10.1 Å². The largest absolute Gasteiger partial charge is 0.297 e. The van der Waals surface area contributed by atoms with Gasteiger partial charge >= 0.3 is 0 Å². The standard InChI is InChI=1S/C15H15BrO3S/c1-11-3-7-14(8-4-11)20(17,18)19-10-13-6-5-12(2)15(16)9-13/h3-9H,10H2,1-2H3. The van der Waals surface area contributed by atoms with Crippen molar-refractivity contribution in [1.82, 2.24) is 0 Å². The van der Waals surface area contributed by atoms with Gasteiger partial charge in [-0.15, -0.1) is 0 Å². The highest BCUT2D eigenvalue weighted by Gasteiger charge is 2.15. The van der Waals surface area contributed by atoms with Gasteiger partial charge in [-0.3, -0.25) is 4.18 Å². The van der Waals surface area contributed by atoms with Crippen molar-refractivity contribution in [2.24, 2.45) is 0 Å². The minimum atomic E-state index is -3.71. The Bertz CT molecular complexity index is 706. The molecule has 0 saturated heterocycles. The Morgan fingerprint density at radius 1 is 1.05 bits per heavy atom. The van der Waals surface area contributed by atoms with E-state index in [1.165, 1.54) is 0 Å². The van der Waals surface area contributed by atoms with Crippen molar-refractivity contribution in [3.63, 3.8) is 0 Å². The lowest BCUT2D eigenvalue weighted by molar-refractivity contribution is 0.308. The van der Waals surface area contributed by atoms with Gasteiger partial charge in [0.15, 0.2) is 0 Å². The molecule has 2 aromatic carbocycles. The molecule has 0 spiro atoms. The molecule has 0 aliphatic rings. The van der Waals surface area contributed by atoms with E-state index in [0.29, 0.717) is 0 Å². The summed E-state index contributed by atoms with van der Waals surface area (Å²) >= 11 is 3.41. The zero-order valence-electron chi connectivity index (χ0n) is 11.3. The first kappa shape index (κ1) is 15.2. The van der Waals surface area contributed by atoms with E-state index in [9.17, 15) is 8.42 Å². The molecule has 0 aliphatic heterocycles. The number of hydrogen-bond donors (Lipinski definition) is 0. The molecule has 3 nitrogen and oxygen atoms in total. The van der Waals surface area contributed by atoms with Gasteiger partial charge in [-0.1, -0.05) is 45.8 Å². The van der Waals surface area contributed by atoms with Gasteiger partial charge in [0, 0.05) is 4.47 Å². The van der Waals surface area contributed by atoms with Crippen molar-refractivity contribution in [3.05, 3.63) is 63.6 Å². The summed E-state index contributed by atoms with van der Waals surface area (Å²) in [6.45, 7) is 3.90. The van der Waals surface area contributed by atoms with Crippen LogP contribution in [0.15, 0.2) is 51.8 Å². The molecule has 0 heterocycles. The lowest BCUT2D eigenvalue weighted by Gasteiger charge is -2.07. The summed E-state index contributed by atoms with van der Waals surface area (Å²) in [6.07, 6.45) is 0. The summed E-state index contributed by atoms with van der Waals surface area (Å²) < 4.78 is 30.1. The molecule has 0 aliphatic carbocycles. The van der Waals surface area contributed by atoms with Gasteiger partial charge in [-0.25, -0.2) is 0 Å². The SMILES string of the molecule is Cc1ccc(S(=O)(=O)OCc2ccc(C)c(Br)c2)cc1. The maximum absolute atomic E-state index is 12.0.